The monoisotopic (exact) mass is 444 g/mol. The van der Waals surface area contributed by atoms with E-state index >= 15 is 0 Å². The Labute approximate surface area is 184 Å². The molecule has 0 unspecified atom stereocenters. The maximum Gasteiger partial charge on any atom is 0.338 e. The number of nitro benzene ring substituents is 1. The molecule has 1 amide bonds. The van der Waals surface area contributed by atoms with Crippen molar-refractivity contribution in [1.82, 2.24) is 0 Å². The summed E-state index contributed by atoms with van der Waals surface area (Å²) < 4.78 is 21.5. The number of nitro groups is 1. The summed E-state index contributed by atoms with van der Waals surface area (Å²) in [7, 11) is 0. The van der Waals surface area contributed by atoms with Gasteiger partial charge in [-0.25, -0.2) is 4.79 Å². The summed E-state index contributed by atoms with van der Waals surface area (Å²) in [6, 6.07) is 8.90. The smallest absolute Gasteiger partial charge is 0.338 e. The van der Waals surface area contributed by atoms with Crippen molar-refractivity contribution in [1.29, 1.82) is 0 Å². The third kappa shape index (κ3) is 6.10. The van der Waals surface area contributed by atoms with Gasteiger partial charge in [0, 0.05) is 12.5 Å². The highest BCUT2D eigenvalue weighted by atomic mass is 16.6. The fourth-order valence-corrected chi connectivity index (χ4v) is 2.87. The number of hydrogen-bond acceptors (Lipinski definition) is 8. The van der Waals surface area contributed by atoms with Crippen LogP contribution in [-0.2, 0) is 9.53 Å². The zero-order valence-electron chi connectivity index (χ0n) is 17.6. The molecule has 0 bridgehead atoms. The van der Waals surface area contributed by atoms with E-state index in [0.29, 0.717) is 37.7 Å². The highest BCUT2D eigenvalue weighted by molar-refractivity contribution is 5.97. The number of esters is 1. The molecule has 1 heterocycles. The van der Waals surface area contributed by atoms with E-state index < -0.39 is 23.4 Å². The Morgan fingerprint density at radius 1 is 1.12 bits per heavy atom. The summed E-state index contributed by atoms with van der Waals surface area (Å²) in [6.45, 7) is 2.80. The van der Waals surface area contributed by atoms with E-state index in [9.17, 15) is 19.7 Å². The van der Waals surface area contributed by atoms with Gasteiger partial charge >= 0.3 is 5.97 Å². The van der Waals surface area contributed by atoms with E-state index in [2.05, 4.69) is 12.2 Å². The van der Waals surface area contributed by atoms with Crippen molar-refractivity contribution < 1.29 is 33.5 Å². The Kier molecular flexibility index (Phi) is 7.85. The second-order valence-electron chi connectivity index (χ2n) is 6.97. The van der Waals surface area contributed by atoms with Gasteiger partial charge in [0.15, 0.2) is 18.1 Å². The van der Waals surface area contributed by atoms with Gasteiger partial charge in [0.05, 0.1) is 36.4 Å². The molecule has 2 aromatic carbocycles. The fraction of sp³-hybridized carbons (Fsp3) is 0.364. The first-order chi connectivity index (χ1) is 15.5. The number of rotatable bonds is 9. The number of carbonyl (C=O) groups is 2. The lowest BCUT2D eigenvalue weighted by Crippen LogP contribution is -2.21. The second-order valence-corrected chi connectivity index (χ2v) is 6.97. The van der Waals surface area contributed by atoms with E-state index in [-0.39, 0.29) is 22.7 Å². The molecule has 1 N–H and O–H groups in total. The van der Waals surface area contributed by atoms with Crippen LogP contribution in [0.2, 0.25) is 0 Å². The number of unbranched alkanes of at least 4 members (excludes halogenated alkanes) is 1. The first kappa shape index (κ1) is 22.9. The number of nitrogens with zero attached hydrogens (tertiary/aromatic N) is 1. The summed E-state index contributed by atoms with van der Waals surface area (Å²) in [5.41, 5.74) is -0.177. The Hall–Kier alpha value is -3.82. The van der Waals surface area contributed by atoms with Crippen LogP contribution in [0.5, 0.6) is 17.2 Å². The van der Waals surface area contributed by atoms with Gasteiger partial charge in [-0.05, 0) is 30.7 Å². The number of nitrogens with one attached hydrogen (secondary N) is 1. The molecule has 1 aliphatic rings. The third-order valence-electron chi connectivity index (χ3n) is 4.53. The summed E-state index contributed by atoms with van der Waals surface area (Å²) in [5, 5.41) is 13.8. The second kappa shape index (κ2) is 11.0. The summed E-state index contributed by atoms with van der Waals surface area (Å²) >= 11 is 0. The average Bonchev–Trinajstić information content (AvgIpc) is 3.02. The molecule has 0 atom stereocenters. The van der Waals surface area contributed by atoms with Gasteiger partial charge < -0.3 is 24.3 Å². The van der Waals surface area contributed by atoms with Crippen molar-refractivity contribution in [2.45, 2.75) is 26.2 Å². The molecule has 2 aromatic rings. The van der Waals surface area contributed by atoms with Crippen molar-refractivity contribution in [3.8, 4) is 17.2 Å². The van der Waals surface area contributed by atoms with Crippen LogP contribution >= 0.6 is 0 Å². The Balaban J connectivity index is 1.59. The predicted octanol–water partition coefficient (Wildman–Crippen LogP) is 3.73. The third-order valence-corrected chi connectivity index (χ3v) is 4.53. The van der Waals surface area contributed by atoms with Crippen molar-refractivity contribution in [2.75, 3.05) is 31.7 Å². The van der Waals surface area contributed by atoms with Crippen molar-refractivity contribution in [3.63, 3.8) is 0 Å². The van der Waals surface area contributed by atoms with Crippen LogP contribution in [0.1, 0.15) is 36.5 Å². The summed E-state index contributed by atoms with van der Waals surface area (Å²) in [5.74, 6) is -0.263. The van der Waals surface area contributed by atoms with Crippen molar-refractivity contribution in [2.24, 2.45) is 0 Å². The quantitative estimate of drug-likeness (QED) is 0.268. The van der Waals surface area contributed by atoms with Gasteiger partial charge in [0.2, 0.25) is 0 Å². The normalized spacial score (nSPS) is 12.4. The van der Waals surface area contributed by atoms with Crippen LogP contribution in [0.15, 0.2) is 36.4 Å². The van der Waals surface area contributed by atoms with E-state index in [1.54, 1.807) is 12.1 Å². The fourth-order valence-electron chi connectivity index (χ4n) is 2.87. The number of amides is 1. The lowest BCUT2D eigenvalue weighted by molar-refractivity contribution is -0.384. The molecule has 32 heavy (non-hydrogen) atoms. The summed E-state index contributed by atoms with van der Waals surface area (Å²) in [4.78, 5) is 35.2. The van der Waals surface area contributed by atoms with Crippen molar-refractivity contribution in [3.05, 3.63) is 52.1 Å². The van der Waals surface area contributed by atoms with Crippen LogP contribution in [0.3, 0.4) is 0 Å². The number of carbonyl (C=O) groups excluding carboxylic acids is 2. The zero-order valence-corrected chi connectivity index (χ0v) is 17.6. The number of anilines is 1. The highest BCUT2D eigenvalue weighted by Crippen LogP contribution is 2.39. The molecular formula is C22H24N2O8. The standard InChI is InChI=1S/C22H24N2O8/c1-2-3-9-29-16-7-5-15(6-8-16)22(26)32-14-21(25)23-17-12-19-20(13-18(17)24(27)28)31-11-4-10-30-19/h5-8,12-13H,2-4,9-11,14H2,1H3,(H,23,25). The zero-order chi connectivity index (χ0) is 22.9. The van der Waals surface area contributed by atoms with Gasteiger partial charge in [-0.3, -0.25) is 14.9 Å². The van der Waals surface area contributed by atoms with E-state index in [1.165, 1.54) is 24.3 Å². The van der Waals surface area contributed by atoms with E-state index in [1.807, 2.05) is 0 Å². The number of benzene rings is 2. The Morgan fingerprint density at radius 2 is 1.81 bits per heavy atom. The van der Waals surface area contributed by atoms with Gasteiger partial charge in [0.1, 0.15) is 11.4 Å². The van der Waals surface area contributed by atoms with Crippen LogP contribution in [0.25, 0.3) is 0 Å². The highest BCUT2D eigenvalue weighted by Gasteiger charge is 2.23. The first-order valence-corrected chi connectivity index (χ1v) is 10.3. The van der Waals surface area contributed by atoms with Crippen LogP contribution < -0.4 is 19.5 Å². The van der Waals surface area contributed by atoms with Crippen molar-refractivity contribution >= 4 is 23.3 Å². The first-order valence-electron chi connectivity index (χ1n) is 10.3. The average molecular weight is 444 g/mol. The molecule has 3 rings (SSSR count). The van der Waals surface area contributed by atoms with Gasteiger partial charge in [-0.2, -0.15) is 0 Å². The SMILES string of the molecule is CCCCOc1ccc(C(=O)OCC(=O)Nc2cc3c(cc2[N+](=O)[O-])OCCCO3)cc1. The molecule has 170 valence electrons. The number of hydrogen-bond donors (Lipinski definition) is 1. The minimum atomic E-state index is -0.726. The van der Waals surface area contributed by atoms with Gasteiger partial charge in [0.25, 0.3) is 11.6 Å². The molecule has 10 nitrogen and oxygen atoms in total. The Morgan fingerprint density at radius 3 is 2.47 bits per heavy atom. The molecule has 0 aromatic heterocycles. The van der Waals surface area contributed by atoms with Crippen LogP contribution in [0, 0.1) is 10.1 Å². The molecule has 0 fully saturated rings. The molecular weight excluding hydrogens is 420 g/mol. The molecule has 1 aliphatic heterocycles. The summed E-state index contributed by atoms with van der Waals surface area (Å²) in [6.07, 6.45) is 2.58. The maximum absolute atomic E-state index is 12.3. The molecule has 10 heteroatoms. The minimum absolute atomic E-state index is 0.0751. The van der Waals surface area contributed by atoms with E-state index in [4.69, 9.17) is 18.9 Å². The molecule has 0 saturated carbocycles. The van der Waals surface area contributed by atoms with Gasteiger partial charge in [-0.15, -0.1) is 0 Å². The number of fused-ring (bicyclic) bond motifs is 1. The number of ether oxygens (including phenoxy) is 4. The van der Waals surface area contributed by atoms with Crippen LogP contribution in [0.4, 0.5) is 11.4 Å². The van der Waals surface area contributed by atoms with Gasteiger partial charge in [-0.1, -0.05) is 13.3 Å². The lowest BCUT2D eigenvalue weighted by Gasteiger charge is -2.11. The molecule has 0 radical (unpaired) electrons. The largest absolute Gasteiger partial charge is 0.494 e. The maximum atomic E-state index is 12.3. The lowest BCUT2D eigenvalue weighted by atomic mass is 10.2. The van der Waals surface area contributed by atoms with E-state index in [0.717, 1.165) is 12.8 Å². The predicted molar refractivity (Wildman–Crippen MR) is 114 cm³/mol. The molecule has 0 spiro atoms. The Bertz CT molecular complexity index is 975. The topological polar surface area (TPSA) is 126 Å². The molecule has 0 saturated heterocycles. The van der Waals surface area contributed by atoms with Crippen LogP contribution in [-0.4, -0.2) is 43.2 Å². The molecule has 0 aliphatic carbocycles. The minimum Gasteiger partial charge on any atom is -0.494 e.